The van der Waals surface area contributed by atoms with Gasteiger partial charge in [0.25, 0.3) is 0 Å². The molecule has 0 radical (unpaired) electrons. The van der Waals surface area contributed by atoms with Crippen molar-refractivity contribution >= 4 is 5.97 Å². The summed E-state index contributed by atoms with van der Waals surface area (Å²) in [6.45, 7) is 2.19. The second kappa shape index (κ2) is 2.21. The predicted molar refractivity (Wildman–Crippen MR) is 45.6 cm³/mol. The molecule has 4 fully saturated rings. The van der Waals surface area contributed by atoms with Crippen molar-refractivity contribution in [1.29, 1.82) is 0 Å². The molecule has 0 aromatic carbocycles. The fourth-order valence-corrected chi connectivity index (χ4v) is 3.68. The monoisotopic (exact) mass is 212 g/mol. The highest BCUT2D eigenvalue weighted by Gasteiger charge is 2.75. The van der Waals surface area contributed by atoms with Crippen LogP contribution in [0.2, 0.25) is 0 Å². The molecule has 3 saturated heterocycles. The van der Waals surface area contributed by atoms with Gasteiger partial charge in [-0.05, 0) is 0 Å². The molecule has 82 valence electrons. The number of carbonyl (C=O) groups is 1. The van der Waals surface area contributed by atoms with E-state index >= 15 is 0 Å². The van der Waals surface area contributed by atoms with Crippen molar-refractivity contribution in [1.82, 2.24) is 0 Å². The normalized spacial score (nSPS) is 64.8. The minimum absolute atomic E-state index is 0.0319. The molecule has 3 aliphatic heterocycles. The van der Waals surface area contributed by atoms with E-state index in [1.54, 1.807) is 0 Å². The first-order valence-electron chi connectivity index (χ1n) is 5.33. The van der Waals surface area contributed by atoms with Gasteiger partial charge in [0.1, 0.15) is 23.7 Å². The van der Waals surface area contributed by atoms with Crippen LogP contribution in [0, 0.1) is 17.8 Å². The van der Waals surface area contributed by atoms with Gasteiger partial charge in [-0.1, -0.05) is 6.92 Å². The Kier molecular flexibility index (Phi) is 1.25. The van der Waals surface area contributed by atoms with Crippen LogP contribution in [-0.2, 0) is 19.0 Å². The Morgan fingerprint density at radius 3 is 3.07 bits per heavy atom. The van der Waals surface area contributed by atoms with Crippen molar-refractivity contribution in [3.63, 3.8) is 0 Å². The number of aliphatic hydroxyl groups is 1. The summed E-state index contributed by atoms with van der Waals surface area (Å²) >= 11 is 0. The quantitative estimate of drug-likeness (QED) is 0.537. The van der Waals surface area contributed by atoms with Crippen LogP contribution in [0.3, 0.4) is 0 Å². The average Bonchev–Trinajstić information content (AvgIpc) is 2.50. The molecule has 5 bridgehead atoms. The maximum atomic E-state index is 11.6. The van der Waals surface area contributed by atoms with Gasteiger partial charge in [0, 0.05) is 11.8 Å². The van der Waals surface area contributed by atoms with Gasteiger partial charge in [-0.3, -0.25) is 4.79 Å². The molecule has 0 amide bonds. The Hall–Kier alpha value is -0.650. The molecule has 1 N–H and O–H groups in total. The lowest BCUT2D eigenvalue weighted by molar-refractivity contribution is -0.260. The van der Waals surface area contributed by atoms with Crippen LogP contribution in [0.5, 0.6) is 0 Å². The van der Waals surface area contributed by atoms with Crippen molar-refractivity contribution in [2.45, 2.75) is 31.0 Å². The number of hydrogen-bond donors (Lipinski definition) is 1. The van der Waals surface area contributed by atoms with Crippen LogP contribution in [-0.4, -0.2) is 41.8 Å². The van der Waals surface area contributed by atoms with Gasteiger partial charge in [-0.25, -0.2) is 0 Å². The Bertz CT molecular complexity index is 356. The fraction of sp³-hybridized carbons (Fsp3) is 0.900. The topological polar surface area (TPSA) is 65.0 Å². The van der Waals surface area contributed by atoms with E-state index in [9.17, 15) is 9.90 Å². The van der Waals surface area contributed by atoms with Crippen molar-refractivity contribution in [2.24, 2.45) is 17.8 Å². The standard InChI is InChI=1S/C10H12O5/c1-3-6-7-5-4(8(11)14-7)9(15-6)13-2-10(3,5)12/h3-7,9,12H,2H2,1H3/t3-,4+,5-,6-,7+,9-,10-/m0/s1. The zero-order chi connectivity index (χ0) is 10.4. The zero-order valence-electron chi connectivity index (χ0n) is 8.25. The highest BCUT2D eigenvalue weighted by atomic mass is 16.7. The summed E-state index contributed by atoms with van der Waals surface area (Å²) in [6.07, 6.45) is -0.964. The van der Waals surface area contributed by atoms with Gasteiger partial charge in [0.05, 0.1) is 6.61 Å². The van der Waals surface area contributed by atoms with Gasteiger partial charge >= 0.3 is 5.97 Å². The van der Waals surface area contributed by atoms with E-state index < -0.39 is 17.8 Å². The first-order valence-corrected chi connectivity index (χ1v) is 5.33. The average molecular weight is 212 g/mol. The molecule has 1 saturated carbocycles. The number of esters is 1. The first kappa shape index (κ1) is 8.50. The largest absolute Gasteiger partial charge is 0.459 e. The summed E-state index contributed by atoms with van der Waals surface area (Å²) in [4.78, 5) is 11.6. The van der Waals surface area contributed by atoms with E-state index in [1.807, 2.05) is 6.92 Å². The minimum atomic E-state index is -0.945. The summed E-state index contributed by atoms with van der Waals surface area (Å²) in [6, 6.07) is 0. The maximum Gasteiger partial charge on any atom is 0.315 e. The van der Waals surface area contributed by atoms with E-state index in [4.69, 9.17) is 14.2 Å². The third-order valence-electron chi connectivity index (χ3n) is 4.51. The Morgan fingerprint density at radius 1 is 1.47 bits per heavy atom. The molecule has 7 atom stereocenters. The molecule has 1 aliphatic carbocycles. The van der Waals surface area contributed by atoms with Gasteiger partial charge in [-0.2, -0.15) is 0 Å². The molecule has 0 aromatic heterocycles. The minimum Gasteiger partial charge on any atom is -0.459 e. The van der Waals surface area contributed by atoms with Gasteiger partial charge in [-0.15, -0.1) is 0 Å². The molecule has 15 heavy (non-hydrogen) atoms. The third kappa shape index (κ3) is 0.706. The molecule has 0 aromatic rings. The Labute approximate surface area is 86.3 Å². The van der Waals surface area contributed by atoms with E-state index in [1.165, 1.54) is 0 Å². The molecular weight excluding hydrogens is 200 g/mol. The van der Waals surface area contributed by atoms with Crippen molar-refractivity contribution < 1.29 is 24.1 Å². The highest BCUT2D eigenvalue weighted by Crippen LogP contribution is 2.59. The number of ether oxygens (including phenoxy) is 3. The molecule has 0 spiro atoms. The van der Waals surface area contributed by atoms with Crippen LogP contribution >= 0.6 is 0 Å². The predicted octanol–water partition coefficient (Wildman–Crippen LogP) is -0.720. The summed E-state index contributed by atoms with van der Waals surface area (Å²) in [5.41, 5.74) is -0.945. The molecular formula is C10H12O5. The van der Waals surface area contributed by atoms with Gasteiger partial charge < -0.3 is 19.3 Å². The van der Waals surface area contributed by atoms with Crippen LogP contribution in [0.4, 0.5) is 0 Å². The van der Waals surface area contributed by atoms with E-state index in [0.717, 1.165) is 0 Å². The summed E-state index contributed by atoms with van der Waals surface area (Å²) in [7, 11) is 0. The number of carbonyl (C=O) groups excluding carboxylic acids is 1. The Balaban J connectivity index is 1.92. The van der Waals surface area contributed by atoms with Crippen LogP contribution in [0.1, 0.15) is 6.92 Å². The summed E-state index contributed by atoms with van der Waals surface area (Å²) < 4.78 is 16.4. The molecule has 5 nitrogen and oxygen atoms in total. The van der Waals surface area contributed by atoms with Crippen LogP contribution < -0.4 is 0 Å². The molecule has 4 rings (SSSR count). The lowest BCUT2D eigenvalue weighted by atomic mass is 9.76. The second-order valence-electron chi connectivity index (χ2n) is 5.01. The van der Waals surface area contributed by atoms with E-state index in [-0.39, 0.29) is 36.6 Å². The number of hydrogen-bond acceptors (Lipinski definition) is 5. The highest BCUT2D eigenvalue weighted by molar-refractivity contribution is 5.77. The SMILES string of the molecule is C[C@H]1[C@@H]2O[C@@H]3OC[C@@]1(O)[C@@H]1[C@H]2OC(=O)[C@H]31. The van der Waals surface area contributed by atoms with E-state index in [2.05, 4.69) is 0 Å². The fourth-order valence-electron chi connectivity index (χ4n) is 3.68. The summed E-state index contributed by atoms with van der Waals surface area (Å²) in [5, 5.41) is 10.5. The lowest BCUT2D eigenvalue weighted by Crippen LogP contribution is -2.55. The van der Waals surface area contributed by atoms with Gasteiger partial charge in [0.2, 0.25) is 0 Å². The first-order chi connectivity index (χ1) is 7.13. The maximum absolute atomic E-state index is 11.6. The smallest absolute Gasteiger partial charge is 0.315 e. The van der Waals surface area contributed by atoms with Crippen LogP contribution in [0.25, 0.3) is 0 Å². The number of rotatable bonds is 0. The molecule has 5 heteroatoms. The Morgan fingerprint density at radius 2 is 2.27 bits per heavy atom. The van der Waals surface area contributed by atoms with Crippen molar-refractivity contribution in [3.8, 4) is 0 Å². The lowest BCUT2D eigenvalue weighted by Gasteiger charge is -2.40. The third-order valence-corrected chi connectivity index (χ3v) is 4.51. The van der Waals surface area contributed by atoms with Crippen molar-refractivity contribution in [2.75, 3.05) is 6.61 Å². The van der Waals surface area contributed by atoms with Crippen molar-refractivity contribution in [3.05, 3.63) is 0 Å². The van der Waals surface area contributed by atoms with Gasteiger partial charge in [0.15, 0.2) is 6.29 Å². The van der Waals surface area contributed by atoms with E-state index in [0.29, 0.717) is 0 Å². The van der Waals surface area contributed by atoms with Crippen LogP contribution in [0.15, 0.2) is 0 Å². The molecule has 3 heterocycles. The zero-order valence-corrected chi connectivity index (χ0v) is 8.25. The molecule has 4 aliphatic rings. The molecule has 0 unspecified atom stereocenters. The second-order valence-corrected chi connectivity index (χ2v) is 5.01. The summed E-state index contributed by atoms with van der Waals surface area (Å²) in [5.74, 6) is -0.856.